The van der Waals surface area contributed by atoms with Gasteiger partial charge in [-0.15, -0.1) is 0 Å². The average molecular weight is 640 g/mol. The standard InChI is InChI=1S/C39H62NO4P/c1-24-28-18-25(34(2,3)4)20-30(36(8,9)10)32(28)43-45(42-27-22-38(14,15)40(41)39(16,17)23-27)44-33-29(24)19-26(35(5,6)7)21-31(33)37(11,12)13/h18-21,24,27,41H,22-23H2,1-17H3. The Bertz CT molecular complexity index is 1310. The molecule has 45 heavy (non-hydrogen) atoms. The first-order valence-electron chi connectivity index (χ1n) is 16.8. The molecule has 0 spiro atoms. The minimum Gasteiger partial charge on any atom is -0.417 e. The molecule has 0 saturated carbocycles. The number of fused-ring (bicyclic) bond motifs is 2. The van der Waals surface area contributed by atoms with Crippen molar-refractivity contribution in [2.24, 2.45) is 0 Å². The molecule has 2 aromatic carbocycles. The van der Waals surface area contributed by atoms with Crippen LogP contribution in [0.25, 0.3) is 0 Å². The highest BCUT2D eigenvalue weighted by Gasteiger charge is 2.47. The summed E-state index contributed by atoms with van der Waals surface area (Å²) in [4.78, 5) is 0. The van der Waals surface area contributed by atoms with Crippen LogP contribution in [0.5, 0.6) is 11.5 Å². The predicted molar refractivity (Wildman–Crippen MR) is 189 cm³/mol. The van der Waals surface area contributed by atoms with Gasteiger partial charge in [0.2, 0.25) is 0 Å². The molecule has 0 bridgehead atoms. The second kappa shape index (κ2) is 11.5. The lowest BCUT2D eigenvalue weighted by Gasteiger charge is -2.51. The van der Waals surface area contributed by atoms with Gasteiger partial charge in [-0.2, -0.15) is 5.06 Å². The van der Waals surface area contributed by atoms with E-state index in [1.165, 1.54) is 38.4 Å². The van der Waals surface area contributed by atoms with Crippen LogP contribution in [-0.2, 0) is 26.2 Å². The van der Waals surface area contributed by atoms with E-state index in [0.717, 1.165) is 11.5 Å². The second-order valence-corrected chi connectivity index (χ2v) is 20.1. The van der Waals surface area contributed by atoms with Crippen LogP contribution < -0.4 is 9.05 Å². The summed E-state index contributed by atoms with van der Waals surface area (Å²) in [6.07, 6.45) is 1.18. The summed E-state index contributed by atoms with van der Waals surface area (Å²) in [5.74, 6) is 1.81. The van der Waals surface area contributed by atoms with E-state index in [0.29, 0.717) is 12.8 Å². The summed E-state index contributed by atoms with van der Waals surface area (Å²) in [6, 6.07) is 9.41. The number of rotatable bonds is 2. The van der Waals surface area contributed by atoms with Crippen LogP contribution in [0.3, 0.4) is 0 Å². The molecule has 0 aliphatic carbocycles. The van der Waals surface area contributed by atoms with Crippen LogP contribution in [0.15, 0.2) is 24.3 Å². The number of benzene rings is 2. The van der Waals surface area contributed by atoms with Crippen LogP contribution >= 0.6 is 8.60 Å². The summed E-state index contributed by atoms with van der Waals surface area (Å²) in [7, 11) is -1.83. The van der Waals surface area contributed by atoms with Crippen molar-refractivity contribution in [1.29, 1.82) is 0 Å². The van der Waals surface area contributed by atoms with Crippen LogP contribution in [0, 0.1) is 0 Å². The highest BCUT2D eigenvalue weighted by Crippen LogP contribution is 2.57. The molecule has 0 radical (unpaired) electrons. The lowest BCUT2D eigenvalue weighted by atomic mass is 9.74. The molecule has 1 N–H and O–H groups in total. The van der Waals surface area contributed by atoms with Crippen molar-refractivity contribution < 1.29 is 18.8 Å². The third-order valence-electron chi connectivity index (χ3n) is 9.68. The lowest BCUT2D eigenvalue weighted by Crippen LogP contribution is -2.60. The first-order chi connectivity index (χ1) is 20.1. The molecule has 0 aromatic heterocycles. The molecule has 2 aliphatic heterocycles. The number of hydroxylamine groups is 2. The molecule has 2 heterocycles. The van der Waals surface area contributed by atoms with Gasteiger partial charge in [0.25, 0.3) is 0 Å². The Hall–Kier alpha value is -1.65. The summed E-state index contributed by atoms with van der Waals surface area (Å²) in [6.45, 7) is 37.9. The maximum Gasteiger partial charge on any atom is 0.463 e. The fourth-order valence-corrected chi connectivity index (χ4v) is 8.10. The molecule has 2 aromatic rings. The highest BCUT2D eigenvalue weighted by molar-refractivity contribution is 7.42. The van der Waals surface area contributed by atoms with Crippen molar-refractivity contribution in [3.8, 4) is 11.5 Å². The van der Waals surface area contributed by atoms with Gasteiger partial charge in [0.15, 0.2) is 0 Å². The first-order valence-corrected chi connectivity index (χ1v) is 17.9. The van der Waals surface area contributed by atoms with E-state index in [4.69, 9.17) is 13.6 Å². The third kappa shape index (κ3) is 7.43. The molecule has 0 amide bonds. The molecular formula is C39H62NO4P. The minimum atomic E-state index is -1.83. The largest absolute Gasteiger partial charge is 0.463 e. The average Bonchev–Trinajstić information content (AvgIpc) is 2.83. The van der Waals surface area contributed by atoms with Gasteiger partial charge in [-0.25, -0.2) is 0 Å². The van der Waals surface area contributed by atoms with Crippen molar-refractivity contribution >= 4 is 8.60 Å². The van der Waals surface area contributed by atoms with Crippen molar-refractivity contribution in [3.63, 3.8) is 0 Å². The Balaban J connectivity index is 2.02. The number of hydrogen-bond donors (Lipinski definition) is 1. The summed E-state index contributed by atoms with van der Waals surface area (Å²) < 4.78 is 21.1. The molecule has 1 saturated heterocycles. The third-order valence-corrected chi connectivity index (χ3v) is 10.8. The molecule has 252 valence electrons. The van der Waals surface area contributed by atoms with Gasteiger partial charge >= 0.3 is 8.60 Å². The number of nitrogens with zero attached hydrogens (tertiary/aromatic N) is 1. The quantitative estimate of drug-likeness (QED) is 0.331. The number of hydrogen-bond acceptors (Lipinski definition) is 5. The molecule has 0 atom stereocenters. The van der Waals surface area contributed by atoms with Crippen molar-refractivity contribution in [2.45, 2.75) is 175 Å². The second-order valence-electron chi connectivity index (χ2n) is 19.1. The van der Waals surface area contributed by atoms with Gasteiger partial charge in [-0.1, -0.05) is 114 Å². The highest BCUT2D eigenvalue weighted by atomic mass is 31.2. The zero-order valence-corrected chi connectivity index (χ0v) is 32.3. The SMILES string of the molecule is CC1c2cc(C(C)(C)C)cc(C(C)(C)C)c2OP(OC2CC(C)(C)N(O)C(C)(C)C2)Oc2c1cc(C(C)(C)C)cc2C(C)(C)C. The van der Waals surface area contributed by atoms with Gasteiger partial charge in [-0.05, 0) is 73.3 Å². The van der Waals surface area contributed by atoms with E-state index in [1.54, 1.807) is 0 Å². The van der Waals surface area contributed by atoms with Gasteiger partial charge in [0.05, 0.1) is 6.10 Å². The zero-order chi connectivity index (χ0) is 34.3. The Kier molecular flexibility index (Phi) is 9.25. The monoisotopic (exact) mass is 639 g/mol. The fourth-order valence-electron chi connectivity index (χ4n) is 6.88. The van der Waals surface area contributed by atoms with Gasteiger partial charge < -0.3 is 14.3 Å². The Morgan fingerprint density at radius 2 is 1.02 bits per heavy atom. The molecular weight excluding hydrogens is 577 g/mol. The van der Waals surface area contributed by atoms with E-state index in [2.05, 4.69) is 142 Å². The van der Waals surface area contributed by atoms with E-state index in [1.807, 2.05) is 0 Å². The smallest absolute Gasteiger partial charge is 0.417 e. The molecule has 4 rings (SSSR count). The fraction of sp³-hybridized carbons (Fsp3) is 0.692. The number of piperidine rings is 1. The normalized spacial score (nSPS) is 22.9. The summed E-state index contributed by atoms with van der Waals surface area (Å²) in [5.41, 5.74) is 6.03. The molecule has 5 nitrogen and oxygen atoms in total. The van der Waals surface area contributed by atoms with E-state index in [-0.39, 0.29) is 33.7 Å². The van der Waals surface area contributed by atoms with Gasteiger partial charge in [-0.3, -0.25) is 4.52 Å². The Labute approximate surface area is 276 Å². The minimum absolute atomic E-state index is 0.0308. The molecule has 6 heteroatoms. The topological polar surface area (TPSA) is 51.2 Å². The molecule has 1 fully saturated rings. The van der Waals surface area contributed by atoms with Crippen LogP contribution in [0.1, 0.15) is 170 Å². The van der Waals surface area contributed by atoms with Crippen molar-refractivity contribution in [1.82, 2.24) is 5.06 Å². The van der Waals surface area contributed by atoms with Crippen LogP contribution in [0.2, 0.25) is 0 Å². The van der Waals surface area contributed by atoms with Crippen molar-refractivity contribution in [2.75, 3.05) is 0 Å². The van der Waals surface area contributed by atoms with Crippen LogP contribution in [0.4, 0.5) is 0 Å². The molecule has 2 aliphatic rings. The van der Waals surface area contributed by atoms with E-state index < -0.39 is 19.7 Å². The Morgan fingerprint density at radius 1 is 0.667 bits per heavy atom. The predicted octanol–water partition coefficient (Wildman–Crippen LogP) is 11.5. The maximum absolute atomic E-state index is 11.0. The van der Waals surface area contributed by atoms with E-state index in [9.17, 15) is 5.21 Å². The maximum atomic E-state index is 11.0. The summed E-state index contributed by atoms with van der Waals surface area (Å²) in [5, 5.41) is 12.5. The van der Waals surface area contributed by atoms with E-state index >= 15 is 0 Å². The first kappa shape index (κ1) is 36.2. The lowest BCUT2D eigenvalue weighted by molar-refractivity contribution is -0.255. The Morgan fingerprint density at radius 3 is 1.33 bits per heavy atom. The van der Waals surface area contributed by atoms with Gasteiger partial charge in [0.1, 0.15) is 11.5 Å². The van der Waals surface area contributed by atoms with Crippen molar-refractivity contribution in [3.05, 3.63) is 57.6 Å². The zero-order valence-electron chi connectivity index (χ0n) is 31.4. The van der Waals surface area contributed by atoms with Crippen LogP contribution in [-0.4, -0.2) is 27.5 Å². The summed E-state index contributed by atoms with van der Waals surface area (Å²) >= 11 is 0. The van der Waals surface area contributed by atoms with Gasteiger partial charge in [0, 0.05) is 39.2 Å². The molecule has 0 unspecified atom stereocenters.